The van der Waals surface area contributed by atoms with Gasteiger partial charge in [-0.1, -0.05) is 30.3 Å². The first-order valence-electron chi connectivity index (χ1n) is 10.2. The summed E-state index contributed by atoms with van der Waals surface area (Å²) >= 11 is 0. The predicted octanol–water partition coefficient (Wildman–Crippen LogP) is 2.79. The second-order valence-corrected chi connectivity index (χ2v) is 9.98. The van der Waals surface area contributed by atoms with Crippen molar-refractivity contribution in [3.63, 3.8) is 0 Å². The van der Waals surface area contributed by atoms with E-state index in [1.54, 1.807) is 7.11 Å². The van der Waals surface area contributed by atoms with Gasteiger partial charge in [0.1, 0.15) is 11.0 Å². The number of fused-ring (bicyclic) bond motifs is 1. The van der Waals surface area contributed by atoms with E-state index in [-0.39, 0.29) is 5.75 Å². The van der Waals surface area contributed by atoms with Crippen LogP contribution >= 0.6 is 0 Å². The molecule has 2 aliphatic rings. The second kappa shape index (κ2) is 8.63. The SMILES string of the molecule is COc1ccccc1N1CCN(CCCS(=O)(=O)C2CNc3ccccc32)CC1. The van der Waals surface area contributed by atoms with Crippen molar-refractivity contribution in [3.05, 3.63) is 54.1 Å². The van der Waals surface area contributed by atoms with Crippen LogP contribution in [0.3, 0.4) is 0 Å². The first-order valence-corrected chi connectivity index (χ1v) is 11.9. The third kappa shape index (κ3) is 4.36. The number of sulfone groups is 1. The molecule has 4 rings (SSSR count). The van der Waals surface area contributed by atoms with Crippen molar-refractivity contribution in [2.24, 2.45) is 0 Å². The summed E-state index contributed by atoms with van der Waals surface area (Å²) in [4.78, 5) is 4.70. The lowest BCUT2D eigenvalue weighted by atomic mass is 10.2. The summed E-state index contributed by atoms with van der Waals surface area (Å²) in [5.74, 6) is 1.14. The summed E-state index contributed by atoms with van der Waals surface area (Å²) in [7, 11) is -1.45. The van der Waals surface area contributed by atoms with Crippen LogP contribution in [0.15, 0.2) is 48.5 Å². The Hall–Kier alpha value is -2.25. The Morgan fingerprint density at radius 3 is 2.55 bits per heavy atom. The number of anilines is 2. The molecule has 6 nitrogen and oxygen atoms in total. The van der Waals surface area contributed by atoms with Gasteiger partial charge in [0.15, 0.2) is 9.84 Å². The van der Waals surface area contributed by atoms with Crippen molar-refractivity contribution in [2.45, 2.75) is 11.7 Å². The van der Waals surface area contributed by atoms with Crippen molar-refractivity contribution in [3.8, 4) is 5.75 Å². The lowest BCUT2D eigenvalue weighted by Crippen LogP contribution is -2.47. The molecule has 0 aromatic heterocycles. The monoisotopic (exact) mass is 415 g/mol. The van der Waals surface area contributed by atoms with Gasteiger partial charge >= 0.3 is 0 Å². The maximum Gasteiger partial charge on any atom is 0.159 e. The van der Waals surface area contributed by atoms with Gasteiger partial charge < -0.3 is 15.0 Å². The van der Waals surface area contributed by atoms with Crippen molar-refractivity contribution in [1.82, 2.24) is 4.90 Å². The number of nitrogens with one attached hydrogen (secondary N) is 1. The highest BCUT2D eigenvalue weighted by molar-refractivity contribution is 7.91. The molecular weight excluding hydrogens is 386 g/mol. The largest absolute Gasteiger partial charge is 0.495 e. The topological polar surface area (TPSA) is 61.9 Å². The van der Waals surface area contributed by atoms with Crippen LogP contribution in [-0.2, 0) is 9.84 Å². The summed E-state index contributed by atoms with van der Waals surface area (Å²) < 4.78 is 31.2. The number of rotatable bonds is 7. The summed E-state index contributed by atoms with van der Waals surface area (Å²) in [6.45, 7) is 5.03. The van der Waals surface area contributed by atoms with Gasteiger partial charge in [0.05, 0.1) is 18.6 Å². The third-order valence-corrected chi connectivity index (χ3v) is 8.07. The van der Waals surface area contributed by atoms with E-state index in [1.165, 1.54) is 0 Å². The highest BCUT2D eigenvalue weighted by Gasteiger charge is 2.33. The molecule has 7 heteroatoms. The molecule has 156 valence electrons. The quantitative estimate of drug-likeness (QED) is 0.750. The van der Waals surface area contributed by atoms with Crippen molar-refractivity contribution < 1.29 is 13.2 Å². The molecule has 1 N–H and O–H groups in total. The number of hydrogen-bond donors (Lipinski definition) is 1. The van der Waals surface area contributed by atoms with Crippen LogP contribution in [0, 0.1) is 0 Å². The van der Waals surface area contributed by atoms with E-state index in [2.05, 4.69) is 21.2 Å². The molecule has 0 spiro atoms. The standard InChI is InChI=1S/C22H29N3O3S/c1-28-21-10-5-4-9-20(21)25-14-12-24(13-15-25)11-6-16-29(26,27)22-17-23-19-8-3-2-7-18(19)22/h2-5,7-10,22-23H,6,11-17H2,1H3. The lowest BCUT2D eigenvalue weighted by molar-refractivity contribution is 0.258. The highest BCUT2D eigenvalue weighted by atomic mass is 32.2. The van der Waals surface area contributed by atoms with Gasteiger partial charge in [-0.3, -0.25) is 4.90 Å². The van der Waals surface area contributed by atoms with Gasteiger partial charge in [0.2, 0.25) is 0 Å². The van der Waals surface area contributed by atoms with E-state index < -0.39 is 15.1 Å². The van der Waals surface area contributed by atoms with Crippen LogP contribution in [0.25, 0.3) is 0 Å². The molecule has 1 atom stereocenters. The molecule has 2 aromatic carbocycles. The fourth-order valence-electron chi connectivity index (χ4n) is 4.31. The third-order valence-electron chi connectivity index (χ3n) is 5.92. The Labute approximate surface area is 173 Å². The van der Waals surface area contributed by atoms with Crippen molar-refractivity contribution in [1.29, 1.82) is 0 Å². The number of para-hydroxylation sites is 3. The molecule has 1 saturated heterocycles. The second-order valence-electron chi connectivity index (χ2n) is 7.68. The van der Waals surface area contributed by atoms with E-state index in [9.17, 15) is 8.42 Å². The molecule has 29 heavy (non-hydrogen) atoms. The number of benzene rings is 2. The number of methoxy groups -OCH3 is 1. The van der Waals surface area contributed by atoms with Crippen molar-refractivity contribution in [2.75, 3.05) is 62.3 Å². The Bertz CT molecular complexity index is 940. The number of nitrogens with zero attached hydrogens (tertiary/aromatic N) is 2. The van der Waals surface area contributed by atoms with Crippen LogP contribution in [-0.4, -0.2) is 65.4 Å². The summed E-state index contributed by atoms with van der Waals surface area (Å²) in [6, 6.07) is 15.8. The first kappa shape index (κ1) is 20.0. The zero-order chi connectivity index (χ0) is 20.3. The van der Waals surface area contributed by atoms with E-state index in [1.807, 2.05) is 42.5 Å². The molecule has 0 saturated carbocycles. The molecular formula is C22H29N3O3S. The Balaban J connectivity index is 1.27. The fourth-order valence-corrected chi connectivity index (χ4v) is 6.05. The van der Waals surface area contributed by atoms with Crippen LogP contribution < -0.4 is 15.0 Å². The van der Waals surface area contributed by atoms with Crippen LogP contribution in [0.1, 0.15) is 17.2 Å². The molecule has 2 aliphatic heterocycles. The summed E-state index contributed by atoms with van der Waals surface area (Å²) in [6.07, 6.45) is 0.676. The Morgan fingerprint density at radius 1 is 1.03 bits per heavy atom. The van der Waals surface area contributed by atoms with E-state index in [0.29, 0.717) is 13.0 Å². The number of hydrogen-bond acceptors (Lipinski definition) is 6. The minimum absolute atomic E-state index is 0.237. The van der Waals surface area contributed by atoms with Gasteiger partial charge in [0.25, 0.3) is 0 Å². The average Bonchev–Trinajstić information content (AvgIpc) is 3.19. The minimum atomic E-state index is -3.15. The molecule has 0 bridgehead atoms. The van der Waals surface area contributed by atoms with Gasteiger partial charge in [0, 0.05) is 38.4 Å². The molecule has 1 unspecified atom stereocenters. The first-order chi connectivity index (χ1) is 14.1. The van der Waals surface area contributed by atoms with E-state index in [4.69, 9.17) is 4.74 Å². The normalized spacial score (nSPS) is 19.6. The average molecular weight is 416 g/mol. The van der Waals surface area contributed by atoms with Gasteiger partial charge in [-0.15, -0.1) is 0 Å². The minimum Gasteiger partial charge on any atom is -0.495 e. The van der Waals surface area contributed by atoms with Gasteiger partial charge in [-0.2, -0.15) is 0 Å². The predicted molar refractivity (Wildman–Crippen MR) is 118 cm³/mol. The Morgan fingerprint density at radius 2 is 1.76 bits per heavy atom. The maximum absolute atomic E-state index is 12.9. The molecule has 2 aromatic rings. The van der Waals surface area contributed by atoms with Gasteiger partial charge in [-0.05, 0) is 36.7 Å². The summed E-state index contributed by atoms with van der Waals surface area (Å²) in [5, 5.41) is 2.80. The number of ether oxygens (including phenoxy) is 1. The van der Waals surface area contributed by atoms with E-state index in [0.717, 1.165) is 55.4 Å². The highest BCUT2D eigenvalue weighted by Crippen LogP contribution is 2.35. The zero-order valence-corrected chi connectivity index (χ0v) is 17.7. The van der Waals surface area contributed by atoms with Crippen LogP contribution in [0.4, 0.5) is 11.4 Å². The maximum atomic E-state index is 12.9. The van der Waals surface area contributed by atoms with Crippen LogP contribution in [0.5, 0.6) is 5.75 Å². The van der Waals surface area contributed by atoms with Gasteiger partial charge in [-0.25, -0.2) is 8.42 Å². The Kier molecular flexibility index (Phi) is 5.96. The molecule has 0 amide bonds. The summed E-state index contributed by atoms with van der Waals surface area (Å²) in [5.41, 5.74) is 3.00. The fraction of sp³-hybridized carbons (Fsp3) is 0.455. The molecule has 1 fully saturated rings. The molecule has 0 radical (unpaired) electrons. The van der Waals surface area contributed by atoms with E-state index >= 15 is 0 Å². The lowest BCUT2D eigenvalue weighted by Gasteiger charge is -2.36. The molecule has 0 aliphatic carbocycles. The van der Waals surface area contributed by atoms with Crippen LogP contribution in [0.2, 0.25) is 0 Å². The zero-order valence-electron chi connectivity index (χ0n) is 16.9. The molecule has 2 heterocycles. The van der Waals surface area contributed by atoms with Crippen molar-refractivity contribution >= 4 is 21.2 Å². The number of piperazine rings is 1. The smallest absolute Gasteiger partial charge is 0.159 e.